The van der Waals surface area contributed by atoms with E-state index >= 15 is 0 Å². The van der Waals surface area contributed by atoms with Crippen LogP contribution in [0.4, 0.5) is 11.4 Å². The molecule has 1 heterocycles. The van der Waals surface area contributed by atoms with Crippen molar-refractivity contribution < 1.29 is 19.0 Å². The van der Waals surface area contributed by atoms with Crippen molar-refractivity contribution >= 4 is 29.7 Å². The number of carbonyl (C=O) groups excluding carboxylic acids is 1. The van der Waals surface area contributed by atoms with Crippen LogP contribution in [0.25, 0.3) is 0 Å². The van der Waals surface area contributed by atoms with Crippen molar-refractivity contribution in [3.63, 3.8) is 0 Å². The molecule has 0 aromatic heterocycles. The van der Waals surface area contributed by atoms with Crippen molar-refractivity contribution in [3.8, 4) is 11.5 Å². The van der Waals surface area contributed by atoms with Crippen LogP contribution in [0.2, 0.25) is 0 Å². The lowest BCUT2D eigenvalue weighted by molar-refractivity contribution is -0.117. The number of nitrogens with one attached hydrogen (secondary N) is 1. The van der Waals surface area contributed by atoms with Gasteiger partial charge in [-0.1, -0.05) is 0 Å². The average Bonchev–Trinajstić information content (AvgIpc) is 2.76. The zero-order chi connectivity index (χ0) is 13.8. The van der Waals surface area contributed by atoms with E-state index in [0.717, 1.165) is 0 Å². The van der Waals surface area contributed by atoms with Crippen LogP contribution in [0, 0.1) is 0 Å². The molecule has 1 aromatic rings. The monoisotopic (exact) mass is 302 g/mol. The Bertz CT molecular complexity index is 480. The number of nitrogens with two attached hydrogens (primary N) is 1. The Balaban J connectivity index is 0.00000200. The Morgan fingerprint density at radius 3 is 2.70 bits per heavy atom. The molecular weight excluding hydrogens is 284 g/mol. The Hall–Kier alpha value is -1.66. The molecule has 3 N–H and O–H groups in total. The summed E-state index contributed by atoms with van der Waals surface area (Å²) >= 11 is 0. The van der Waals surface area contributed by atoms with Gasteiger partial charge in [0, 0.05) is 12.1 Å². The first-order valence-electron chi connectivity index (χ1n) is 6.17. The molecule has 7 heteroatoms. The quantitative estimate of drug-likeness (QED) is 0.815. The third-order valence-electron chi connectivity index (χ3n) is 2.60. The van der Waals surface area contributed by atoms with Gasteiger partial charge in [-0.3, -0.25) is 4.79 Å². The summed E-state index contributed by atoms with van der Waals surface area (Å²) in [7, 11) is 0. The fourth-order valence-electron chi connectivity index (χ4n) is 1.67. The van der Waals surface area contributed by atoms with Crippen LogP contribution in [0.1, 0.15) is 20.3 Å². The maximum Gasteiger partial charge on any atom is 0.231 e. The summed E-state index contributed by atoms with van der Waals surface area (Å²) < 4.78 is 15.7. The molecule has 0 bridgehead atoms. The molecule has 1 aliphatic heterocycles. The number of carbonyl (C=O) groups is 1. The minimum atomic E-state index is -0.147. The molecule has 0 spiro atoms. The van der Waals surface area contributed by atoms with Gasteiger partial charge < -0.3 is 25.3 Å². The van der Waals surface area contributed by atoms with Crippen molar-refractivity contribution in [1.82, 2.24) is 0 Å². The van der Waals surface area contributed by atoms with E-state index in [0.29, 0.717) is 29.5 Å². The lowest BCUT2D eigenvalue weighted by Crippen LogP contribution is -2.16. The van der Waals surface area contributed by atoms with Gasteiger partial charge in [0.2, 0.25) is 12.7 Å². The van der Waals surface area contributed by atoms with E-state index in [9.17, 15) is 4.79 Å². The van der Waals surface area contributed by atoms with Gasteiger partial charge in [0.05, 0.1) is 30.5 Å². The number of fused-ring (bicyclic) bond motifs is 1. The second-order valence-electron chi connectivity index (χ2n) is 4.51. The molecule has 0 aliphatic carbocycles. The van der Waals surface area contributed by atoms with Crippen molar-refractivity contribution in [2.75, 3.05) is 24.5 Å². The topological polar surface area (TPSA) is 82.8 Å². The van der Waals surface area contributed by atoms with Gasteiger partial charge in [-0.15, -0.1) is 12.4 Å². The second-order valence-corrected chi connectivity index (χ2v) is 4.51. The van der Waals surface area contributed by atoms with Crippen molar-refractivity contribution in [3.05, 3.63) is 12.1 Å². The van der Waals surface area contributed by atoms with E-state index < -0.39 is 0 Å². The Morgan fingerprint density at radius 2 is 2.05 bits per heavy atom. The molecule has 112 valence electrons. The minimum Gasteiger partial charge on any atom is -0.454 e. The number of hydrogen-bond acceptors (Lipinski definition) is 5. The first-order chi connectivity index (χ1) is 9.06. The van der Waals surface area contributed by atoms with Crippen LogP contribution in [-0.4, -0.2) is 25.4 Å². The largest absolute Gasteiger partial charge is 0.454 e. The molecule has 2 rings (SSSR count). The van der Waals surface area contributed by atoms with Crippen LogP contribution >= 0.6 is 12.4 Å². The number of benzene rings is 1. The highest BCUT2D eigenvalue weighted by Gasteiger charge is 2.17. The van der Waals surface area contributed by atoms with Crippen LogP contribution in [0.15, 0.2) is 12.1 Å². The van der Waals surface area contributed by atoms with E-state index in [2.05, 4.69) is 5.32 Å². The first-order valence-corrected chi connectivity index (χ1v) is 6.17. The predicted molar refractivity (Wildman–Crippen MR) is 78.6 cm³/mol. The van der Waals surface area contributed by atoms with Gasteiger partial charge in [-0.2, -0.15) is 0 Å². The van der Waals surface area contributed by atoms with Gasteiger partial charge in [-0.05, 0) is 13.8 Å². The number of rotatable bonds is 5. The Labute approximate surface area is 124 Å². The van der Waals surface area contributed by atoms with Crippen LogP contribution in [-0.2, 0) is 9.53 Å². The van der Waals surface area contributed by atoms with Gasteiger partial charge in [0.1, 0.15) is 0 Å². The number of ether oxygens (including phenoxy) is 3. The van der Waals surface area contributed by atoms with Crippen LogP contribution in [0.5, 0.6) is 11.5 Å². The normalized spacial score (nSPS) is 12.2. The van der Waals surface area contributed by atoms with Crippen LogP contribution < -0.4 is 20.5 Å². The summed E-state index contributed by atoms with van der Waals surface area (Å²) in [5.41, 5.74) is 6.81. The van der Waals surface area contributed by atoms with Gasteiger partial charge in [0.25, 0.3) is 0 Å². The molecule has 1 amide bonds. The molecule has 1 aromatic carbocycles. The maximum atomic E-state index is 11.7. The second kappa shape index (κ2) is 7.21. The molecule has 0 fully saturated rings. The SMILES string of the molecule is CC(C)OCCC(=O)Nc1cc2c(cc1N)OCO2.Cl. The molecule has 0 radical (unpaired) electrons. The molecule has 0 saturated carbocycles. The third-order valence-corrected chi connectivity index (χ3v) is 2.60. The number of hydrogen-bond donors (Lipinski definition) is 2. The molecule has 1 aliphatic rings. The zero-order valence-electron chi connectivity index (χ0n) is 11.5. The zero-order valence-corrected chi connectivity index (χ0v) is 12.3. The van der Waals surface area contributed by atoms with E-state index in [1.807, 2.05) is 13.8 Å². The maximum absolute atomic E-state index is 11.7. The minimum absolute atomic E-state index is 0. The van der Waals surface area contributed by atoms with E-state index in [1.54, 1.807) is 12.1 Å². The molecule has 0 saturated heterocycles. The van der Waals surface area contributed by atoms with Gasteiger partial charge >= 0.3 is 0 Å². The molecular formula is C13H19ClN2O4. The molecule has 0 atom stereocenters. The fraction of sp³-hybridized carbons (Fsp3) is 0.462. The Morgan fingerprint density at radius 1 is 1.40 bits per heavy atom. The molecule has 6 nitrogen and oxygen atoms in total. The van der Waals surface area contributed by atoms with Crippen molar-refractivity contribution in [2.45, 2.75) is 26.4 Å². The molecule has 20 heavy (non-hydrogen) atoms. The Kier molecular flexibility index (Phi) is 5.91. The van der Waals surface area contributed by atoms with E-state index in [1.165, 1.54) is 0 Å². The summed E-state index contributed by atoms with van der Waals surface area (Å²) in [4.78, 5) is 11.7. The van der Waals surface area contributed by atoms with Crippen molar-refractivity contribution in [2.24, 2.45) is 0 Å². The number of halogens is 1. The summed E-state index contributed by atoms with van der Waals surface area (Å²) in [5, 5.41) is 2.73. The standard InChI is InChI=1S/C13H18N2O4.ClH/c1-8(2)17-4-3-13(16)15-10-6-12-11(5-9(10)14)18-7-19-12;/h5-6,8H,3-4,7,14H2,1-2H3,(H,15,16);1H. The van der Waals surface area contributed by atoms with Gasteiger partial charge in [-0.25, -0.2) is 0 Å². The highest BCUT2D eigenvalue weighted by atomic mass is 35.5. The number of anilines is 2. The summed E-state index contributed by atoms with van der Waals surface area (Å²) in [6.07, 6.45) is 0.398. The average molecular weight is 303 g/mol. The number of nitrogen functional groups attached to an aromatic ring is 1. The van der Waals surface area contributed by atoms with E-state index in [-0.39, 0.29) is 37.6 Å². The van der Waals surface area contributed by atoms with Crippen LogP contribution in [0.3, 0.4) is 0 Å². The van der Waals surface area contributed by atoms with Crippen molar-refractivity contribution in [1.29, 1.82) is 0 Å². The smallest absolute Gasteiger partial charge is 0.231 e. The predicted octanol–water partition coefficient (Wildman–Crippen LogP) is 2.17. The first kappa shape index (κ1) is 16.4. The van der Waals surface area contributed by atoms with Gasteiger partial charge in [0.15, 0.2) is 11.5 Å². The lowest BCUT2D eigenvalue weighted by atomic mass is 10.2. The third kappa shape index (κ3) is 4.18. The summed E-state index contributed by atoms with van der Waals surface area (Å²) in [5.74, 6) is 1.03. The number of amides is 1. The fourth-order valence-corrected chi connectivity index (χ4v) is 1.67. The molecule has 0 unspecified atom stereocenters. The van der Waals surface area contributed by atoms with E-state index in [4.69, 9.17) is 19.9 Å². The summed E-state index contributed by atoms with van der Waals surface area (Å²) in [6.45, 7) is 4.41. The lowest BCUT2D eigenvalue weighted by Gasteiger charge is -2.10. The summed E-state index contributed by atoms with van der Waals surface area (Å²) in [6, 6.07) is 3.31. The highest BCUT2D eigenvalue weighted by molar-refractivity contribution is 5.94. The highest BCUT2D eigenvalue weighted by Crippen LogP contribution is 2.38.